The highest BCUT2D eigenvalue weighted by molar-refractivity contribution is 7.92. The van der Waals surface area contributed by atoms with Gasteiger partial charge in [-0.3, -0.25) is 9.29 Å². The molecule has 132 valence electrons. The van der Waals surface area contributed by atoms with Crippen LogP contribution in [0.25, 0.3) is 11.1 Å². The van der Waals surface area contributed by atoms with Crippen LogP contribution in [-0.4, -0.2) is 27.2 Å². The zero-order valence-corrected chi connectivity index (χ0v) is 14.6. The number of hydrogen-bond donors (Lipinski definition) is 1. The van der Waals surface area contributed by atoms with E-state index in [9.17, 15) is 13.2 Å². The lowest BCUT2D eigenvalue weighted by Gasteiger charge is -2.11. The van der Waals surface area contributed by atoms with Crippen LogP contribution < -0.4 is 20.0 Å². The van der Waals surface area contributed by atoms with Crippen LogP contribution in [0.4, 0.5) is 5.69 Å². The van der Waals surface area contributed by atoms with Gasteiger partial charge in [0.05, 0.1) is 30.3 Å². The second-order valence-corrected chi connectivity index (χ2v) is 6.91. The number of nitrogens with one attached hydrogen (secondary N) is 1. The van der Waals surface area contributed by atoms with Gasteiger partial charge in [-0.15, -0.1) is 0 Å². The van der Waals surface area contributed by atoms with Gasteiger partial charge in [0.15, 0.2) is 17.1 Å². The van der Waals surface area contributed by atoms with Gasteiger partial charge in [0.25, 0.3) is 10.0 Å². The molecule has 0 atom stereocenters. The van der Waals surface area contributed by atoms with E-state index >= 15 is 0 Å². The van der Waals surface area contributed by atoms with Crippen molar-refractivity contribution in [1.82, 2.24) is 4.57 Å². The molecule has 1 aromatic heterocycles. The molecule has 2 aromatic carbocycles. The van der Waals surface area contributed by atoms with E-state index in [-0.39, 0.29) is 4.90 Å². The van der Waals surface area contributed by atoms with Crippen molar-refractivity contribution in [3.05, 3.63) is 46.9 Å². The summed E-state index contributed by atoms with van der Waals surface area (Å²) in [6.45, 7) is 0. The van der Waals surface area contributed by atoms with Crippen LogP contribution in [0, 0.1) is 0 Å². The molecule has 0 saturated heterocycles. The van der Waals surface area contributed by atoms with E-state index < -0.39 is 15.8 Å². The lowest BCUT2D eigenvalue weighted by Crippen LogP contribution is -2.13. The molecule has 0 radical (unpaired) electrons. The topological polar surface area (TPSA) is 99.8 Å². The molecule has 1 heterocycles. The second kappa shape index (κ2) is 6.17. The summed E-state index contributed by atoms with van der Waals surface area (Å²) in [6.07, 6.45) is 0. The average Bonchev–Trinajstić information content (AvgIpc) is 2.88. The number of fused-ring (bicyclic) bond motifs is 1. The van der Waals surface area contributed by atoms with Crippen molar-refractivity contribution < 1.29 is 22.3 Å². The van der Waals surface area contributed by atoms with Crippen LogP contribution in [-0.2, 0) is 17.1 Å². The first-order chi connectivity index (χ1) is 11.9. The maximum Gasteiger partial charge on any atom is 0.419 e. The Bertz CT molecular complexity index is 1100. The Hall–Kier alpha value is -2.94. The molecule has 0 unspecified atom stereocenters. The van der Waals surface area contributed by atoms with Crippen molar-refractivity contribution in [2.75, 3.05) is 18.9 Å². The highest BCUT2D eigenvalue weighted by Gasteiger charge is 2.18. The molecular formula is C16H16N2O6S. The van der Waals surface area contributed by atoms with E-state index in [2.05, 4.69) is 4.72 Å². The highest BCUT2D eigenvalue weighted by Crippen LogP contribution is 2.30. The fourth-order valence-corrected chi connectivity index (χ4v) is 3.45. The Morgan fingerprint density at radius 2 is 1.76 bits per heavy atom. The third-order valence-electron chi connectivity index (χ3n) is 3.71. The van der Waals surface area contributed by atoms with Gasteiger partial charge in [0, 0.05) is 13.1 Å². The minimum atomic E-state index is -3.85. The number of sulfonamides is 1. The van der Waals surface area contributed by atoms with Crippen LogP contribution in [0.1, 0.15) is 0 Å². The van der Waals surface area contributed by atoms with Gasteiger partial charge in [-0.1, -0.05) is 0 Å². The largest absolute Gasteiger partial charge is 0.493 e. The molecule has 25 heavy (non-hydrogen) atoms. The lowest BCUT2D eigenvalue weighted by molar-refractivity contribution is 0.354. The minimum Gasteiger partial charge on any atom is -0.493 e. The number of anilines is 1. The molecule has 3 aromatic rings. The monoisotopic (exact) mass is 364 g/mol. The van der Waals surface area contributed by atoms with Gasteiger partial charge in [-0.25, -0.2) is 13.2 Å². The smallest absolute Gasteiger partial charge is 0.419 e. The number of ether oxygens (including phenoxy) is 2. The van der Waals surface area contributed by atoms with Crippen LogP contribution in [0.2, 0.25) is 0 Å². The first kappa shape index (κ1) is 16.9. The van der Waals surface area contributed by atoms with Crippen molar-refractivity contribution in [3.8, 4) is 11.5 Å². The van der Waals surface area contributed by atoms with Crippen LogP contribution in [0.5, 0.6) is 11.5 Å². The van der Waals surface area contributed by atoms with Gasteiger partial charge in [0.2, 0.25) is 0 Å². The zero-order chi connectivity index (χ0) is 18.2. The van der Waals surface area contributed by atoms with Crippen molar-refractivity contribution in [1.29, 1.82) is 0 Å². The first-order valence-corrected chi connectivity index (χ1v) is 8.68. The number of aromatic nitrogens is 1. The number of nitrogens with zero attached hydrogens (tertiary/aromatic N) is 1. The molecule has 3 rings (SSSR count). The van der Waals surface area contributed by atoms with E-state index in [1.165, 1.54) is 55.2 Å². The third kappa shape index (κ3) is 3.05. The Kier molecular flexibility index (Phi) is 4.17. The second-order valence-electron chi connectivity index (χ2n) is 5.23. The molecule has 0 aliphatic heterocycles. The summed E-state index contributed by atoms with van der Waals surface area (Å²) >= 11 is 0. The SMILES string of the molecule is COc1ccc(S(=O)(=O)Nc2ccc3oc(=O)n(C)c3c2)cc1OC. The average molecular weight is 364 g/mol. The highest BCUT2D eigenvalue weighted by atomic mass is 32.2. The summed E-state index contributed by atoms with van der Waals surface area (Å²) in [6, 6.07) is 8.87. The van der Waals surface area contributed by atoms with Gasteiger partial charge >= 0.3 is 5.76 Å². The Morgan fingerprint density at radius 1 is 1.04 bits per heavy atom. The van der Waals surface area contributed by atoms with Gasteiger partial charge < -0.3 is 13.9 Å². The zero-order valence-electron chi connectivity index (χ0n) is 13.8. The van der Waals surface area contributed by atoms with Crippen molar-refractivity contribution >= 4 is 26.8 Å². The summed E-state index contributed by atoms with van der Waals surface area (Å²) in [5, 5.41) is 0. The fourth-order valence-electron chi connectivity index (χ4n) is 2.39. The lowest BCUT2D eigenvalue weighted by atomic mass is 10.3. The summed E-state index contributed by atoms with van der Waals surface area (Å²) in [5.74, 6) is 0.212. The Morgan fingerprint density at radius 3 is 2.44 bits per heavy atom. The fraction of sp³-hybridized carbons (Fsp3) is 0.188. The molecule has 0 saturated carbocycles. The molecule has 0 aliphatic carbocycles. The van der Waals surface area contributed by atoms with E-state index in [1.807, 2.05) is 0 Å². The number of oxazole rings is 1. The molecule has 0 bridgehead atoms. The minimum absolute atomic E-state index is 0.0197. The van der Waals surface area contributed by atoms with Crippen LogP contribution >= 0.6 is 0 Å². The summed E-state index contributed by atoms with van der Waals surface area (Å²) in [4.78, 5) is 11.5. The molecule has 0 aliphatic rings. The van der Waals surface area contributed by atoms with E-state index in [1.54, 1.807) is 7.05 Å². The van der Waals surface area contributed by atoms with Crippen LogP contribution in [0.3, 0.4) is 0 Å². The van der Waals surface area contributed by atoms with E-state index in [0.29, 0.717) is 28.3 Å². The standard InChI is InChI=1S/C16H16N2O6S/c1-18-12-8-10(4-6-13(12)24-16(18)19)17-25(20,21)11-5-7-14(22-2)15(9-11)23-3/h4-9,17H,1-3H3. The van der Waals surface area contributed by atoms with E-state index in [4.69, 9.17) is 13.9 Å². The molecule has 8 nitrogen and oxygen atoms in total. The first-order valence-electron chi connectivity index (χ1n) is 7.20. The quantitative estimate of drug-likeness (QED) is 0.743. The summed E-state index contributed by atoms with van der Waals surface area (Å²) in [5.41, 5.74) is 1.16. The Balaban J connectivity index is 1.99. The maximum atomic E-state index is 12.6. The van der Waals surface area contributed by atoms with Crippen molar-refractivity contribution in [2.45, 2.75) is 4.90 Å². The number of benzene rings is 2. The van der Waals surface area contributed by atoms with Gasteiger partial charge in [-0.05, 0) is 30.3 Å². The molecule has 9 heteroatoms. The van der Waals surface area contributed by atoms with Crippen molar-refractivity contribution in [3.63, 3.8) is 0 Å². The summed E-state index contributed by atoms with van der Waals surface area (Å²) < 4.78 is 44.2. The van der Waals surface area contributed by atoms with E-state index in [0.717, 1.165) is 0 Å². The summed E-state index contributed by atoms with van der Waals surface area (Å²) in [7, 11) is 0.586. The number of rotatable bonds is 5. The number of hydrogen-bond acceptors (Lipinski definition) is 6. The van der Waals surface area contributed by atoms with Gasteiger partial charge in [0.1, 0.15) is 0 Å². The predicted molar refractivity (Wildman–Crippen MR) is 91.8 cm³/mol. The predicted octanol–water partition coefficient (Wildman–Crippen LogP) is 1.95. The molecule has 0 amide bonds. The van der Waals surface area contributed by atoms with Crippen LogP contribution in [0.15, 0.2) is 50.5 Å². The third-order valence-corrected chi connectivity index (χ3v) is 5.09. The molecular weight excluding hydrogens is 348 g/mol. The number of methoxy groups -OCH3 is 2. The molecule has 0 spiro atoms. The van der Waals surface area contributed by atoms with Crippen molar-refractivity contribution in [2.24, 2.45) is 7.05 Å². The van der Waals surface area contributed by atoms with Gasteiger partial charge in [-0.2, -0.15) is 0 Å². The molecule has 1 N–H and O–H groups in total. The Labute approximate surface area is 143 Å². The maximum absolute atomic E-state index is 12.6. The molecule has 0 fully saturated rings. The number of aryl methyl sites for hydroxylation is 1. The normalized spacial score (nSPS) is 11.5.